The second-order valence-corrected chi connectivity index (χ2v) is 8.94. The zero-order valence-corrected chi connectivity index (χ0v) is 18.7. The summed E-state index contributed by atoms with van der Waals surface area (Å²) in [6, 6.07) is 12.7. The average Bonchev–Trinajstić information content (AvgIpc) is 3.21. The third kappa shape index (κ3) is 5.48. The molecule has 0 aliphatic rings. The SMILES string of the molecule is NC(=O)CNC(=O)c1cc(F)cc(-c2ccc(F)c3cc(Cc4cccc(C(F)(F)F)c4)sc23)c1. The molecule has 4 aromatic rings. The maximum atomic E-state index is 14.6. The van der Waals surface area contributed by atoms with Crippen LogP contribution in [0.4, 0.5) is 22.0 Å². The highest BCUT2D eigenvalue weighted by Gasteiger charge is 2.30. The van der Waals surface area contributed by atoms with Crippen LogP contribution in [0, 0.1) is 11.6 Å². The number of alkyl halides is 3. The lowest BCUT2D eigenvalue weighted by Gasteiger charge is -2.08. The molecule has 4 rings (SSSR count). The molecule has 3 aromatic carbocycles. The van der Waals surface area contributed by atoms with Crippen molar-refractivity contribution in [2.75, 3.05) is 6.54 Å². The summed E-state index contributed by atoms with van der Waals surface area (Å²) >= 11 is 1.17. The van der Waals surface area contributed by atoms with Crippen LogP contribution in [0.3, 0.4) is 0 Å². The Bertz CT molecular complexity index is 1450. The third-order valence-electron chi connectivity index (χ3n) is 5.21. The van der Waals surface area contributed by atoms with Crippen molar-refractivity contribution < 1.29 is 31.5 Å². The van der Waals surface area contributed by atoms with E-state index in [1.165, 1.54) is 41.7 Å². The second kappa shape index (κ2) is 9.46. The van der Waals surface area contributed by atoms with Crippen LogP contribution in [-0.2, 0) is 17.4 Å². The topological polar surface area (TPSA) is 72.2 Å². The predicted octanol–water partition coefficient (Wildman–Crippen LogP) is 5.67. The quantitative estimate of drug-likeness (QED) is 0.332. The first-order valence-corrected chi connectivity index (χ1v) is 11.1. The van der Waals surface area contributed by atoms with E-state index in [1.807, 2.05) is 0 Å². The van der Waals surface area contributed by atoms with Crippen LogP contribution in [0.15, 0.2) is 60.7 Å². The first kappa shape index (κ1) is 24.3. The summed E-state index contributed by atoms with van der Waals surface area (Å²) in [6.07, 6.45) is -4.33. The van der Waals surface area contributed by atoms with Gasteiger partial charge in [-0.15, -0.1) is 11.3 Å². The zero-order chi connectivity index (χ0) is 25.3. The lowest BCUT2D eigenvalue weighted by molar-refractivity contribution is -0.137. The fourth-order valence-electron chi connectivity index (χ4n) is 3.66. The number of halogens is 5. The normalized spacial score (nSPS) is 11.6. The van der Waals surface area contributed by atoms with Crippen molar-refractivity contribution in [2.24, 2.45) is 5.73 Å². The Morgan fingerprint density at radius 3 is 2.46 bits per heavy atom. The van der Waals surface area contributed by atoms with E-state index in [1.54, 1.807) is 12.1 Å². The summed E-state index contributed by atoms with van der Waals surface area (Å²) in [4.78, 5) is 23.8. The van der Waals surface area contributed by atoms with Crippen LogP contribution in [0.2, 0.25) is 0 Å². The number of carbonyl (C=O) groups excluding carboxylic acids is 2. The highest BCUT2D eigenvalue weighted by Crippen LogP contribution is 2.38. The fourth-order valence-corrected chi connectivity index (χ4v) is 4.90. The molecular weight excluding hydrogens is 487 g/mol. The van der Waals surface area contributed by atoms with Crippen LogP contribution in [0.25, 0.3) is 21.2 Å². The molecule has 0 spiro atoms. The Balaban J connectivity index is 1.72. The number of amides is 2. The Kier molecular flexibility index (Phi) is 6.58. The molecule has 0 saturated heterocycles. The van der Waals surface area contributed by atoms with E-state index in [0.29, 0.717) is 26.3 Å². The Labute approximate surface area is 200 Å². The molecule has 1 aromatic heterocycles. The van der Waals surface area contributed by atoms with Crippen molar-refractivity contribution in [3.05, 3.63) is 93.9 Å². The van der Waals surface area contributed by atoms with Gasteiger partial charge in [-0.2, -0.15) is 13.2 Å². The van der Waals surface area contributed by atoms with Gasteiger partial charge < -0.3 is 11.1 Å². The summed E-state index contributed by atoms with van der Waals surface area (Å²) in [7, 11) is 0. The first-order chi connectivity index (χ1) is 16.5. The molecule has 180 valence electrons. The van der Waals surface area contributed by atoms with E-state index in [0.717, 1.165) is 18.2 Å². The maximum Gasteiger partial charge on any atom is 0.416 e. The van der Waals surface area contributed by atoms with Gasteiger partial charge in [-0.25, -0.2) is 8.78 Å². The molecule has 4 nitrogen and oxygen atoms in total. The minimum Gasteiger partial charge on any atom is -0.368 e. The third-order valence-corrected chi connectivity index (χ3v) is 6.38. The number of rotatable bonds is 6. The van der Waals surface area contributed by atoms with Gasteiger partial charge in [0.15, 0.2) is 0 Å². The number of carbonyl (C=O) groups is 2. The molecule has 1 heterocycles. The number of primary amides is 1. The molecule has 35 heavy (non-hydrogen) atoms. The summed E-state index contributed by atoms with van der Waals surface area (Å²) in [5.41, 5.74) is 5.34. The van der Waals surface area contributed by atoms with Crippen LogP contribution in [0.1, 0.15) is 26.4 Å². The van der Waals surface area contributed by atoms with Gasteiger partial charge in [0.1, 0.15) is 11.6 Å². The number of benzene rings is 3. The molecule has 0 aliphatic heterocycles. The minimum atomic E-state index is -4.48. The van der Waals surface area contributed by atoms with Gasteiger partial charge in [0.25, 0.3) is 5.91 Å². The van der Waals surface area contributed by atoms with Crippen LogP contribution >= 0.6 is 11.3 Å². The molecule has 2 amide bonds. The molecule has 0 unspecified atom stereocenters. The van der Waals surface area contributed by atoms with Crippen molar-refractivity contribution in [1.82, 2.24) is 5.32 Å². The van der Waals surface area contributed by atoms with Gasteiger partial charge >= 0.3 is 6.18 Å². The van der Waals surface area contributed by atoms with Crippen LogP contribution in [-0.4, -0.2) is 18.4 Å². The van der Waals surface area contributed by atoms with E-state index in [4.69, 9.17) is 5.73 Å². The highest BCUT2D eigenvalue weighted by molar-refractivity contribution is 7.19. The summed E-state index contributed by atoms with van der Waals surface area (Å²) < 4.78 is 68.5. The molecule has 0 radical (unpaired) electrons. The van der Waals surface area contributed by atoms with Crippen molar-refractivity contribution in [1.29, 1.82) is 0 Å². The average molecular weight is 504 g/mol. The lowest BCUT2D eigenvalue weighted by Crippen LogP contribution is -2.33. The maximum absolute atomic E-state index is 14.6. The molecule has 0 atom stereocenters. The van der Waals surface area contributed by atoms with E-state index in [-0.39, 0.29) is 17.4 Å². The first-order valence-electron chi connectivity index (χ1n) is 10.3. The minimum absolute atomic E-state index is 0.0560. The summed E-state index contributed by atoms with van der Waals surface area (Å²) in [5, 5.41) is 2.51. The molecule has 10 heteroatoms. The molecule has 0 saturated carbocycles. The highest BCUT2D eigenvalue weighted by atomic mass is 32.1. The smallest absolute Gasteiger partial charge is 0.368 e. The van der Waals surface area contributed by atoms with Crippen molar-refractivity contribution >= 4 is 33.2 Å². The van der Waals surface area contributed by atoms with Crippen molar-refractivity contribution in [2.45, 2.75) is 12.6 Å². The number of hydrogen-bond acceptors (Lipinski definition) is 3. The van der Waals surface area contributed by atoms with Crippen LogP contribution < -0.4 is 11.1 Å². The van der Waals surface area contributed by atoms with Crippen molar-refractivity contribution in [3.63, 3.8) is 0 Å². The Morgan fingerprint density at radius 2 is 1.74 bits per heavy atom. The summed E-state index contributed by atoms with van der Waals surface area (Å²) in [6.45, 7) is -0.421. The number of fused-ring (bicyclic) bond motifs is 1. The van der Waals surface area contributed by atoms with E-state index >= 15 is 0 Å². The van der Waals surface area contributed by atoms with E-state index in [2.05, 4.69) is 5.32 Å². The molecule has 0 aliphatic carbocycles. The Hall–Kier alpha value is -3.79. The predicted molar refractivity (Wildman–Crippen MR) is 123 cm³/mol. The zero-order valence-electron chi connectivity index (χ0n) is 17.9. The number of hydrogen-bond donors (Lipinski definition) is 2. The van der Waals surface area contributed by atoms with Gasteiger partial charge in [0.2, 0.25) is 5.91 Å². The second-order valence-electron chi connectivity index (χ2n) is 7.80. The van der Waals surface area contributed by atoms with Gasteiger partial charge in [-0.05, 0) is 53.1 Å². The number of nitrogens with one attached hydrogen (secondary N) is 1. The lowest BCUT2D eigenvalue weighted by atomic mass is 10.0. The monoisotopic (exact) mass is 504 g/mol. The van der Waals surface area contributed by atoms with Gasteiger partial charge in [0.05, 0.1) is 12.1 Å². The van der Waals surface area contributed by atoms with Gasteiger partial charge in [-0.1, -0.05) is 24.3 Å². The van der Waals surface area contributed by atoms with E-state index < -0.39 is 41.7 Å². The fraction of sp³-hybridized carbons (Fsp3) is 0.120. The standard InChI is InChI=1S/C25H17F5N2O2S/c26-17-9-14(8-15(10-17)24(34)32-12-22(31)33)19-4-5-21(27)20-11-18(35-23(19)20)7-13-2-1-3-16(6-13)25(28,29)30/h1-6,8-11H,7,12H2,(H2,31,33)(H,32,34). The molecule has 0 bridgehead atoms. The van der Waals surface area contributed by atoms with Crippen LogP contribution in [0.5, 0.6) is 0 Å². The molecule has 3 N–H and O–H groups in total. The largest absolute Gasteiger partial charge is 0.416 e. The van der Waals surface area contributed by atoms with E-state index in [9.17, 15) is 31.5 Å². The molecular formula is C25H17F5N2O2S. The number of nitrogens with two attached hydrogens (primary N) is 1. The molecule has 0 fully saturated rings. The summed E-state index contributed by atoms with van der Waals surface area (Å²) in [5.74, 6) is -2.72. The van der Waals surface area contributed by atoms with Gasteiger partial charge in [0, 0.05) is 26.9 Å². The Morgan fingerprint density at radius 1 is 0.971 bits per heavy atom. The van der Waals surface area contributed by atoms with Gasteiger partial charge in [-0.3, -0.25) is 9.59 Å². The number of thiophene rings is 1. The van der Waals surface area contributed by atoms with Crippen molar-refractivity contribution in [3.8, 4) is 11.1 Å².